The maximum Gasteiger partial charge on any atom is 0.414 e. The van der Waals surface area contributed by atoms with Gasteiger partial charge in [-0.15, -0.1) is 0 Å². The number of piperazine rings is 1. The normalized spacial score (nSPS) is 14.3. The molecule has 1 aliphatic rings. The number of methoxy groups -OCH3 is 1. The minimum absolute atomic E-state index is 0.959. The molecule has 0 aliphatic carbocycles. The highest BCUT2D eigenvalue weighted by Crippen LogP contribution is 2.30. The Morgan fingerprint density at radius 3 is 2.03 bits per heavy atom. The molecule has 2 N–H and O–H groups in total. The predicted octanol–water partition coefficient (Wildman–Crippen LogP) is 4.30. The first-order valence-corrected chi connectivity index (χ1v) is 12.4. The third kappa shape index (κ3) is 6.10. The van der Waals surface area contributed by atoms with Gasteiger partial charge >= 0.3 is 11.9 Å². The minimum Gasteiger partial charge on any atom is -0.496 e. The summed E-state index contributed by atoms with van der Waals surface area (Å²) in [4.78, 5) is 23.3. The van der Waals surface area contributed by atoms with Gasteiger partial charge in [0.25, 0.3) is 0 Å². The second-order valence-electron chi connectivity index (χ2n) is 9.09. The van der Waals surface area contributed by atoms with E-state index in [0.717, 1.165) is 51.6 Å². The fraction of sp³-hybridized carbons (Fsp3) is 0.310. The molecule has 0 unspecified atom stereocenters. The van der Waals surface area contributed by atoms with E-state index in [-0.39, 0.29) is 0 Å². The number of hydrogen-bond donors (Lipinski definition) is 2. The summed E-state index contributed by atoms with van der Waals surface area (Å²) >= 11 is 0. The van der Waals surface area contributed by atoms with Crippen LogP contribution in [0.5, 0.6) is 5.75 Å². The molecule has 0 bridgehead atoms. The Morgan fingerprint density at radius 1 is 0.784 bits per heavy atom. The van der Waals surface area contributed by atoms with Crippen molar-refractivity contribution in [3.8, 4) is 5.75 Å². The van der Waals surface area contributed by atoms with E-state index in [0.29, 0.717) is 0 Å². The number of benzene rings is 3. The highest BCUT2D eigenvalue weighted by molar-refractivity contribution is 6.27. The highest BCUT2D eigenvalue weighted by Gasteiger charge is 2.19. The molecule has 1 aliphatic heterocycles. The number of carbonyl (C=O) groups is 2. The first-order valence-electron chi connectivity index (χ1n) is 12.4. The highest BCUT2D eigenvalue weighted by atomic mass is 16.5. The van der Waals surface area contributed by atoms with Crippen LogP contribution in [0.3, 0.4) is 0 Å². The number of nitrogens with zero attached hydrogens (tertiary/aromatic N) is 3. The fourth-order valence-electron chi connectivity index (χ4n) is 4.98. The molecule has 1 aromatic heterocycles. The van der Waals surface area contributed by atoms with Crippen LogP contribution in [0.25, 0.3) is 21.8 Å². The lowest BCUT2D eigenvalue weighted by Gasteiger charge is -2.35. The summed E-state index contributed by atoms with van der Waals surface area (Å²) in [7, 11) is 1.76. The number of rotatable bonds is 6. The third-order valence-corrected chi connectivity index (χ3v) is 6.79. The van der Waals surface area contributed by atoms with Crippen molar-refractivity contribution < 1.29 is 24.5 Å². The summed E-state index contributed by atoms with van der Waals surface area (Å²) in [5.41, 5.74) is 5.36. The second kappa shape index (κ2) is 11.9. The van der Waals surface area contributed by atoms with Crippen molar-refractivity contribution in [1.29, 1.82) is 0 Å². The number of para-hydroxylation sites is 2. The molecule has 1 saturated heterocycles. The van der Waals surface area contributed by atoms with E-state index in [2.05, 4.69) is 82.0 Å². The quantitative estimate of drug-likeness (QED) is 0.379. The summed E-state index contributed by atoms with van der Waals surface area (Å²) in [6, 6.07) is 24.2. The zero-order valence-electron chi connectivity index (χ0n) is 21.3. The molecule has 37 heavy (non-hydrogen) atoms. The van der Waals surface area contributed by atoms with Crippen LogP contribution < -0.4 is 4.74 Å². The van der Waals surface area contributed by atoms with Crippen LogP contribution in [0.1, 0.15) is 18.1 Å². The molecule has 4 aromatic rings. The molecule has 194 valence electrons. The molecule has 2 heterocycles. The van der Waals surface area contributed by atoms with Crippen molar-refractivity contribution in [1.82, 2.24) is 14.4 Å². The molecule has 8 nitrogen and oxygen atoms in total. The molecule has 0 radical (unpaired) electrons. The lowest BCUT2D eigenvalue weighted by molar-refractivity contribution is -0.159. The van der Waals surface area contributed by atoms with Gasteiger partial charge in [-0.05, 0) is 36.8 Å². The topological polar surface area (TPSA) is 95.2 Å². The molecule has 0 atom stereocenters. The van der Waals surface area contributed by atoms with E-state index in [1.807, 2.05) is 6.07 Å². The molecular weight excluding hydrogens is 470 g/mol. The van der Waals surface area contributed by atoms with Gasteiger partial charge in [0.2, 0.25) is 0 Å². The van der Waals surface area contributed by atoms with Crippen molar-refractivity contribution in [2.24, 2.45) is 0 Å². The Bertz CT molecular complexity index is 1380. The molecule has 3 aromatic carbocycles. The molecule has 1 fully saturated rings. The van der Waals surface area contributed by atoms with Gasteiger partial charge in [-0.1, -0.05) is 42.5 Å². The van der Waals surface area contributed by atoms with Crippen LogP contribution in [0.2, 0.25) is 0 Å². The maximum absolute atomic E-state index is 9.10. The van der Waals surface area contributed by atoms with E-state index in [9.17, 15) is 0 Å². The first kappa shape index (κ1) is 26.2. The van der Waals surface area contributed by atoms with Gasteiger partial charge in [0.1, 0.15) is 5.75 Å². The lowest BCUT2D eigenvalue weighted by atomic mass is 10.1. The van der Waals surface area contributed by atoms with E-state index in [1.165, 1.54) is 32.9 Å². The monoisotopic (exact) mass is 503 g/mol. The lowest BCUT2D eigenvalue weighted by Crippen LogP contribution is -2.45. The van der Waals surface area contributed by atoms with Gasteiger partial charge in [0, 0.05) is 73.2 Å². The Labute approximate surface area is 216 Å². The van der Waals surface area contributed by atoms with E-state index >= 15 is 0 Å². The number of aryl methyl sites for hydroxylation is 1. The number of hydrogen-bond acceptors (Lipinski definition) is 5. The van der Waals surface area contributed by atoms with Crippen LogP contribution in [0.4, 0.5) is 0 Å². The van der Waals surface area contributed by atoms with Crippen LogP contribution in [0.15, 0.2) is 66.7 Å². The van der Waals surface area contributed by atoms with Gasteiger partial charge in [0.05, 0.1) is 7.11 Å². The standard InChI is InChI=1S/C27H31N3O.C2H2O4/c1-3-30-25-10-6-5-9-23(25)24-18-21(12-13-26(24)30)19-28-14-16-29(17-15-28)20-22-8-4-7-11-27(22)31-2;3-1(4)2(5)6/h4-13,18H,3,14-17,19-20H2,1-2H3;(H,3,4)(H,5,6). The van der Waals surface area contributed by atoms with Crippen LogP contribution in [-0.4, -0.2) is 69.8 Å². The second-order valence-corrected chi connectivity index (χ2v) is 9.09. The van der Waals surface area contributed by atoms with Crippen LogP contribution in [0, 0.1) is 0 Å². The molecule has 0 spiro atoms. The average Bonchev–Trinajstić information content (AvgIpc) is 3.23. The van der Waals surface area contributed by atoms with Gasteiger partial charge in [0.15, 0.2) is 0 Å². The number of ether oxygens (including phenoxy) is 1. The number of aliphatic carboxylic acids is 2. The van der Waals surface area contributed by atoms with Gasteiger partial charge in [-0.3, -0.25) is 9.80 Å². The predicted molar refractivity (Wildman–Crippen MR) is 144 cm³/mol. The van der Waals surface area contributed by atoms with Crippen molar-refractivity contribution in [3.63, 3.8) is 0 Å². The van der Waals surface area contributed by atoms with Crippen molar-refractivity contribution >= 4 is 33.7 Å². The molecule has 0 saturated carbocycles. The fourth-order valence-corrected chi connectivity index (χ4v) is 4.98. The minimum atomic E-state index is -1.82. The first-order chi connectivity index (χ1) is 17.9. The number of carboxylic acid groups (broad SMARTS) is 2. The van der Waals surface area contributed by atoms with Crippen LogP contribution in [-0.2, 0) is 29.2 Å². The summed E-state index contributed by atoms with van der Waals surface area (Å²) in [5, 5.41) is 17.5. The summed E-state index contributed by atoms with van der Waals surface area (Å²) in [5.74, 6) is -2.66. The number of carboxylic acids is 2. The zero-order chi connectivity index (χ0) is 26.4. The summed E-state index contributed by atoms with van der Waals surface area (Å²) in [6.07, 6.45) is 0. The Hall–Kier alpha value is -3.88. The van der Waals surface area contributed by atoms with E-state index < -0.39 is 11.9 Å². The van der Waals surface area contributed by atoms with Gasteiger partial charge in [-0.25, -0.2) is 9.59 Å². The molecule has 8 heteroatoms. The largest absolute Gasteiger partial charge is 0.496 e. The maximum atomic E-state index is 9.10. The van der Waals surface area contributed by atoms with Crippen molar-refractivity contribution in [2.75, 3.05) is 33.3 Å². The SMILES string of the molecule is CCn1c2ccccc2c2cc(CN3CCN(Cc4ccccc4OC)CC3)ccc21.O=C(O)C(=O)O. The van der Waals surface area contributed by atoms with Gasteiger partial charge in [-0.2, -0.15) is 0 Å². The Kier molecular flexibility index (Phi) is 8.43. The van der Waals surface area contributed by atoms with Crippen molar-refractivity contribution in [2.45, 2.75) is 26.6 Å². The molecule has 0 amide bonds. The number of aromatic nitrogens is 1. The average molecular weight is 504 g/mol. The zero-order valence-corrected chi connectivity index (χ0v) is 21.3. The Balaban J connectivity index is 0.000000480. The van der Waals surface area contributed by atoms with Gasteiger partial charge < -0.3 is 19.5 Å². The van der Waals surface area contributed by atoms with Crippen LogP contribution >= 0.6 is 0 Å². The third-order valence-electron chi connectivity index (χ3n) is 6.79. The number of fused-ring (bicyclic) bond motifs is 3. The Morgan fingerprint density at radius 2 is 1.38 bits per heavy atom. The summed E-state index contributed by atoms with van der Waals surface area (Å²) in [6.45, 7) is 9.59. The van der Waals surface area contributed by atoms with E-state index in [1.54, 1.807) is 7.11 Å². The molecular formula is C29H33N3O5. The smallest absolute Gasteiger partial charge is 0.414 e. The summed E-state index contributed by atoms with van der Waals surface area (Å²) < 4.78 is 7.95. The molecule has 5 rings (SSSR count). The van der Waals surface area contributed by atoms with Crippen molar-refractivity contribution in [3.05, 3.63) is 77.9 Å². The van der Waals surface area contributed by atoms with E-state index in [4.69, 9.17) is 24.5 Å².